The zero-order valence-corrected chi connectivity index (χ0v) is 41.9. The molecule has 2 atom stereocenters. The van der Waals surface area contributed by atoms with Crippen molar-refractivity contribution in [2.45, 2.75) is 321 Å². The van der Waals surface area contributed by atoms with Crippen molar-refractivity contribution in [1.82, 2.24) is 5.32 Å². The van der Waals surface area contributed by atoms with Gasteiger partial charge >= 0.3 is 5.97 Å². The molecule has 0 aliphatic heterocycles. The lowest BCUT2D eigenvalue weighted by molar-refractivity contribution is -0.143. The molecule has 0 aromatic heterocycles. The third-order valence-electron chi connectivity index (χ3n) is 13.1. The fraction of sp³-hybridized carbons (Fsp3) is 0.929. The van der Waals surface area contributed by atoms with Crippen molar-refractivity contribution >= 4 is 11.9 Å². The van der Waals surface area contributed by atoms with Crippen LogP contribution >= 0.6 is 0 Å². The van der Waals surface area contributed by atoms with E-state index in [1.165, 1.54) is 218 Å². The second-order valence-electron chi connectivity index (χ2n) is 19.3. The number of amides is 1. The molecule has 0 radical (unpaired) electrons. The largest absolute Gasteiger partial charge is 0.466 e. The van der Waals surface area contributed by atoms with Crippen molar-refractivity contribution in [2.75, 3.05) is 13.2 Å². The zero-order chi connectivity index (χ0) is 45.1. The van der Waals surface area contributed by atoms with Gasteiger partial charge in [0.2, 0.25) is 5.91 Å². The van der Waals surface area contributed by atoms with Gasteiger partial charge in [-0.2, -0.15) is 0 Å². The molecule has 0 aromatic rings. The average molecular weight is 876 g/mol. The highest BCUT2D eigenvalue weighted by Gasteiger charge is 2.20. The van der Waals surface area contributed by atoms with Gasteiger partial charge in [-0.05, 0) is 44.9 Å². The van der Waals surface area contributed by atoms with Gasteiger partial charge in [0.05, 0.1) is 25.4 Å². The molecule has 6 heteroatoms. The van der Waals surface area contributed by atoms with Gasteiger partial charge in [0.1, 0.15) is 0 Å². The van der Waals surface area contributed by atoms with Crippen molar-refractivity contribution in [3.63, 3.8) is 0 Å². The van der Waals surface area contributed by atoms with Crippen molar-refractivity contribution < 1.29 is 24.5 Å². The molecular formula is C56H109NO5. The zero-order valence-electron chi connectivity index (χ0n) is 41.9. The molecule has 2 unspecified atom stereocenters. The van der Waals surface area contributed by atoms with Gasteiger partial charge in [-0.1, -0.05) is 264 Å². The number of allylic oxidation sites excluding steroid dienone is 2. The van der Waals surface area contributed by atoms with Gasteiger partial charge in [0, 0.05) is 12.8 Å². The number of hydrogen-bond donors (Lipinski definition) is 3. The van der Waals surface area contributed by atoms with E-state index in [9.17, 15) is 19.8 Å². The number of aliphatic hydroxyl groups is 2. The minimum Gasteiger partial charge on any atom is -0.466 e. The van der Waals surface area contributed by atoms with Gasteiger partial charge in [-0.25, -0.2) is 0 Å². The maximum Gasteiger partial charge on any atom is 0.305 e. The maximum absolute atomic E-state index is 12.5. The fourth-order valence-electron chi connectivity index (χ4n) is 8.74. The number of rotatable bonds is 52. The van der Waals surface area contributed by atoms with Crippen molar-refractivity contribution in [3.8, 4) is 0 Å². The first-order valence-corrected chi connectivity index (χ1v) is 27.9. The summed E-state index contributed by atoms with van der Waals surface area (Å²) in [6, 6.07) is -0.553. The smallest absolute Gasteiger partial charge is 0.305 e. The summed E-state index contributed by atoms with van der Waals surface area (Å²) in [5.41, 5.74) is 0. The molecule has 0 spiro atoms. The molecule has 0 fully saturated rings. The van der Waals surface area contributed by atoms with Crippen LogP contribution in [0.25, 0.3) is 0 Å². The van der Waals surface area contributed by atoms with E-state index in [1.807, 2.05) is 0 Å². The Morgan fingerprint density at radius 1 is 0.435 bits per heavy atom. The SMILES string of the molecule is CCCC/C=C\CCCCCCCC(=O)OCCCCCCCCCCCCCCC(=O)NC(CO)C(O)CCCCCCCCCCCCCCCCCCCCCCCC. The van der Waals surface area contributed by atoms with Crippen LogP contribution in [0.5, 0.6) is 0 Å². The molecule has 0 heterocycles. The Hall–Kier alpha value is -1.40. The Bertz CT molecular complexity index is 924. The molecule has 0 rings (SSSR count). The molecule has 0 bridgehead atoms. The van der Waals surface area contributed by atoms with Crippen LogP contribution in [-0.2, 0) is 14.3 Å². The van der Waals surface area contributed by atoms with E-state index < -0.39 is 12.1 Å². The first-order valence-electron chi connectivity index (χ1n) is 27.9. The van der Waals surface area contributed by atoms with Gasteiger partial charge in [-0.15, -0.1) is 0 Å². The Balaban J connectivity index is 3.46. The van der Waals surface area contributed by atoms with Crippen LogP contribution < -0.4 is 5.32 Å². The van der Waals surface area contributed by atoms with Gasteiger partial charge in [-0.3, -0.25) is 9.59 Å². The molecule has 0 aliphatic carbocycles. The third-order valence-corrected chi connectivity index (χ3v) is 13.1. The maximum atomic E-state index is 12.5. The van der Waals surface area contributed by atoms with E-state index in [4.69, 9.17) is 4.74 Å². The van der Waals surface area contributed by atoms with E-state index in [2.05, 4.69) is 31.3 Å². The second kappa shape index (κ2) is 52.2. The topological polar surface area (TPSA) is 95.9 Å². The number of carbonyl (C=O) groups is 2. The first-order chi connectivity index (χ1) is 30.5. The lowest BCUT2D eigenvalue weighted by atomic mass is 10.0. The van der Waals surface area contributed by atoms with Crippen LogP contribution in [-0.4, -0.2) is 47.4 Å². The third kappa shape index (κ3) is 48.1. The summed E-state index contributed by atoms with van der Waals surface area (Å²) in [6.45, 7) is 4.90. The van der Waals surface area contributed by atoms with E-state index in [1.54, 1.807) is 0 Å². The standard InChI is InChI=1S/C56H109NO5/c1-3-5-7-9-11-13-15-16-17-18-19-20-21-22-23-24-25-29-32-36-40-44-48-54(59)53(52-58)57-55(60)49-45-41-37-33-30-26-27-31-35-39-43-47-51-62-56(61)50-46-42-38-34-28-14-12-10-8-6-4-2/h10,12,53-54,58-59H,3-9,11,13-52H2,1-2H3,(H,57,60)/b12-10-. The molecule has 0 aromatic carbocycles. The summed E-state index contributed by atoms with van der Waals surface area (Å²) in [4.78, 5) is 24.5. The van der Waals surface area contributed by atoms with E-state index in [-0.39, 0.29) is 18.5 Å². The highest BCUT2D eigenvalue weighted by molar-refractivity contribution is 5.76. The average Bonchev–Trinajstić information content (AvgIpc) is 3.27. The molecule has 3 N–H and O–H groups in total. The minimum atomic E-state index is -0.675. The summed E-state index contributed by atoms with van der Waals surface area (Å²) >= 11 is 0. The predicted molar refractivity (Wildman–Crippen MR) is 269 cm³/mol. The molecular weight excluding hydrogens is 767 g/mol. The summed E-state index contributed by atoms with van der Waals surface area (Å²) in [5, 5.41) is 23.3. The van der Waals surface area contributed by atoms with Crippen LogP contribution in [0.2, 0.25) is 0 Å². The van der Waals surface area contributed by atoms with Crippen LogP contribution in [0.15, 0.2) is 12.2 Å². The number of esters is 1. The molecule has 62 heavy (non-hydrogen) atoms. The lowest BCUT2D eigenvalue weighted by Crippen LogP contribution is -2.45. The molecule has 0 saturated carbocycles. The van der Waals surface area contributed by atoms with Gasteiger partial charge < -0.3 is 20.3 Å². The van der Waals surface area contributed by atoms with Crippen molar-refractivity contribution in [3.05, 3.63) is 12.2 Å². The summed E-state index contributed by atoms with van der Waals surface area (Å²) in [6.07, 6.45) is 60.5. The Morgan fingerprint density at radius 3 is 1.19 bits per heavy atom. The van der Waals surface area contributed by atoms with Gasteiger partial charge in [0.15, 0.2) is 0 Å². The van der Waals surface area contributed by atoms with Crippen LogP contribution in [0.3, 0.4) is 0 Å². The van der Waals surface area contributed by atoms with E-state index in [0.29, 0.717) is 25.9 Å². The van der Waals surface area contributed by atoms with Crippen molar-refractivity contribution in [2.24, 2.45) is 0 Å². The van der Waals surface area contributed by atoms with Crippen LogP contribution in [0.4, 0.5) is 0 Å². The van der Waals surface area contributed by atoms with Gasteiger partial charge in [0.25, 0.3) is 0 Å². The Labute approximate surface area is 387 Å². The molecule has 0 aliphatic rings. The summed E-state index contributed by atoms with van der Waals surface area (Å²) < 4.78 is 5.44. The highest BCUT2D eigenvalue weighted by Crippen LogP contribution is 2.17. The Kier molecular flexibility index (Phi) is 51.0. The quantitative estimate of drug-likeness (QED) is 0.0321. The number of ether oxygens (including phenoxy) is 1. The number of nitrogens with one attached hydrogen (secondary N) is 1. The van der Waals surface area contributed by atoms with Crippen LogP contribution in [0.1, 0.15) is 309 Å². The number of unbranched alkanes of at least 4 members (excludes halogenated alkanes) is 39. The number of hydrogen-bond acceptors (Lipinski definition) is 5. The number of carbonyl (C=O) groups excluding carboxylic acids is 2. The fourth-order valence-corrected chi connectivity index (χ4v) is 8.74. The monoisotopic (exact) mass is 876 g/mol. The number of aliphatic hydroxyl groups excluding tert-OH is 2. The first kappa shape index (κ1) is 60.6. The second-order valence-corrected chi connectivity index (χ2v) is 19.3. The lowest BCUT2D eigenvalue weighted by Gasteiger charge is -2.22. The molecule has 1 amide bonds. The molecule has 6 nitrogen and oxygen atoms in total. The summed E-state index contributed by atoms with van der Waals surface area (Å²) in [5.74, 6) is -0.0673. The molecule has 0 saturated heterocycles. The minimum absolute atomic E-state index is 0.0194. The highest BCUT2D eigenvalue weighted by atomic mass is 16.5. The Morgan fingerprint density at radius 2 is 0.774 bits per heavy atom. The van der Waals surface area contributed by atoms with E-state index in [0.717, 1.165) is 57.8 Å². The molecule has 368 valence electrons. The van der Waals surface area contributed by atoms with Crippen LogP contribution in [0, 0.1) is 0 Å². The predicted octanol–water partition coefficient (Wildman–Crippen LogP) is 16.9. The van der Waals surface area contributed by atoms with Crippen molar-refractivity contribution in [1.29, 1.82) is 0 Å². The normalized spacial score (nSPS) is 12.6. The van der Waals surface area contributed by atoms with E-state index >= 15 is 0 Å². The summed E-state index contributed by atoms with van der Waals surface area (Å²) in [7, 11) is 0.